The number of quaternary nitrogens is 1. The molecule has 0 fully saturated rings. The van der Waals surface area contributed by atoms with Crippen molar-refractivity contribution in [3.05, 3.63) is 17.9 Å². The maximum atomic E-state index is 10.6. The van der Waals surface area contributed by atoms with Gasteiger partial charge in [0.25, 0.3) is 0 Å². The predicted molar refractivity (Wildman–Crippen MR) is 34.2 cm³/mol. The molecule has 0 heterocycles. The van der Waals surface area contributed by atoms with Crippen molar-refractivity contribution in [2.24, 2.45) is 0 Å². The molecular weight excluding hydrogens is 106 g/mol. The molecule has 50 valence electrons. The molecule has 0 bridgehead atoms. The molecule has 0 aliphatic carbocycles. The van der Waals surface area contributed by atoms with Crippen molar-refractivity contribution in [3.8, 4) is 0 Å². The molecule has 0 atom stereocenters. The van der Waals surface area contributed by atoms with Crippen molar-refractivity contribution in [3.63, 3.8) is 0 Å². The molecule has 0 aromatic carbocycles. The maximum Gasteiger partial charge on any atom is 0.0964 e. The fraction of sp³-hybridized carbons (Fsp3) is 0.600. The number of hydroxylamine groups is 3. The Labute approximate surface area is 49.7 Å². The molecule has 0 rings (SSSR count). The van der Waals surface area contributed by atoms with E-state index in [1.807, 2.05) is 0 Å². The first-order chi connectivity index (χ1) is 3.06. The Hall–Kier alpha value is -0.380. The van der Waals surface area contributed by atoms with E-state index in [0.717, 1.165) is 0 Å². The van der Waals surface area contributed by atoms with E-state index in [1.54, 1.807) is 20.2 Å². The van der Waals surface area contributed by atoms with Crippen molar-refractivity contribution >= 4 is 0 Å². The quantitative estimate of drug-likeness (QED) is 0.285. The lowest BCUT2D eigenvalue weighted by Crippen LogP contribution is -2.31. The summed E-state index contributed by atoms with van der Waals surface area (Å²) < 4.78 is -0.274. The van der Waals surface area contributed by atoms with Crippen molar-refractivity contribution in [1.82, 2.24) is 0 Å². The summed E-state index contributed by atoms with van der Waals surface area (Å²) in [6.07, 6.45) is 1.62. The third-order valence-electron chi connectivity index (χ3n) is 0.569. The number of rotatable bonds is 2. The molecule has 0 saturated carbocycles. The average molecular weight is 119 g/mol. The van der Waals surface area contributed by atoms with Crippen molar-refractivity contribution in [2.45, 2.75) is 0 Å². The van der Waals surface area contributed by atoms with E-state index in [4.69, 9.17) is 0 Å². The SMILES string of the molecule is C=CC[N+](C)(C)[O-].O. The van der Waals surface area contributed by atoms with Crippen LogP contribution in [0.2, 0.25) is 0 Å². The topological polar surface area (TPSA) is 54.6 Å². The number of hydrogen-bond donors (Lipinski definition) is 0. The minimum Gasteiger partial charge on any atom is -0.633 e. The molecule has 2 N–H and O–H groups in total. The van der Waals surface area contributed by atoms with Gasteiger partial charge in [0.05, 0.1) is 20.6 Å². The monoisotopic (exact) mass is 119 g/mol. The molecule has 0 aliphatic rings. The first-order valence-electron chi connectivity index (χ1n) is 2.21. The van der Waals surface area contributed by atoms with E-state index >= 15 is 0 Å². The van der Waals surface area contributed by atoms with Crippen molar-refractivity contribution in [2.75, 3.05) is 20.6 Å². The smallest absolute Gasteiger partial charge is 0.0964 e. The van der Waals surface area contributed by atoms with Crippen LogP contribution in [0.4, 0.5) is 0 Å². The van der Waals surface area contributed by atoms with Crippen LogP contribution in [0.1, 0.15) is 0 Å². The molecule has 0 saturated heterocycles. The Morgan fingerprint density at radius 2 is 2.00 bits per heavy atom. The van der Waals surface area contributed by atoms with Crippen LogP contribution in [-0.2, 0) is 0 Å². The van der Waals surface area contributed by atoms with Gasteiger partial charge in [-0.3, -0.25) is 0 Å². The third kappa shape index (κ3) is 9.15. The standard InChI is InChI=1S/C5H11NO.H2O/c1-4-5-6(2,3)7;/h4H,1,5H2,2-3H3;1H2. The van der Waals surface area contributed by atoms with Gasteiger partial charge in [0.2, 0.25) is 0 Å². The molecular formula is C5H13NO2. The highest BCUT2D eigenvalue weighted by atomic mass is 16.5. The van der Waals surface area contributed by atoms with E-state index < -0.39 is 0 Å². The van der Waals surface area contributed by atoms with Gasteiger partial charge in [-0.15, -0.1) is 0 Å². The Balaban J connectivity index is 0. The molecule has 3 heteroatoms. The second-order valence-electron chi connectivity index (χ2n) is 2.05. The van der Waals surface area contributed by atoms with Gasteiger partial charge in [-0.25, -0.2) is 0 Å². The van der Waals surface area contributed by atoms with Gasteiger partial charge in [0.15, 0.2) is 0 Å². The lowest BCUT2D eigenvalue weighted by atomic mass is 10.6. The van der Waals surface area contributed by atoms with Gasteiger partial charge < -0.3 is 15.3 Å². The molecule has 0 spiro atoms. The lowest BCUT2D eigenvalue weighted by molar-refractivity contribution is -0.833. The Morgan fingerprint density at radius 1 is 1.62 bits per heavy atom. The summed E-state index contributed by atoms with van der Waals surface area (Å²) in [5.41, 5.74) is 0. The minimum absolute atomic E-state index is 0. The summed E-state index contributed by atoms with van der Waals surface area (Å²) in [5.74, 6) is 0. The maximum absolute atomic E-state index is 10.6. The van der Waals surface area contributed by atoms with Gasteiger partial charge in [-0.05, 0) is 6.08 Å². The fourth-order valence-electron chi connectivity index (χ4n) is 0.311. The highest BCUT2D eigenvalue weighted by molar-refractivity contribution is 4.64. The predicted octanol–water partition coefficient (Wildman–Crippen LogP) is -0.0781. The van der Waals surface area contributed by atoms with Crippen molar-refractivity contribution in [1.29, 1.82) is 0 Å². The van der Waals surface area contributed by atoms with Crippen LogP contribution in [0.5, 0.6) is 0 Å². The average Bonchev–Trinajstić information content (AvgIpc) is 1.30. The molecule has 8 heavy (non-hydrogen) atoms. The summed E-state index contributed by atoms with van der Waals surface area (Å²) in [7, 11) is 3.17. The van der Waals surface area contributed by atoms with Crippen LogP contribution in [0, 0.1) is 5.21 Å². The number of nitrogens with zero attached hydrogens (tertiary/aromatic N) is 1. The number of hydrogen-bond acceptors (Lipinski definition) is 1. The molecule has 0 unspecified atom stereocenters. The van der Waals surface area contributed by atoms with Crippen LogP contribution < -0.4 is 0 Å². The zero-order valence-corrected chi connectivity index (χ0v) is 5.35. The fourth-order valence-corrected chi connectivity index (χ4v) is 0.311. The van der Waals surface area contributed by atoms with Crippen LogP contribution >= 0.6 is 0 Å². The first-order valence-corrected chi connectivity index (χ1v) is 2.21. The van der Waals surface area contributed by atoms with Crippen LogP contribution in [0.15, 0.2) is 12.7 Å². The molecule has 0 amide bonds. The first kappa shape index (κ1) is 10.6. The molecule has 0 radical (unpaired) electrons. The Morgan fingerprint density at radius 3 is 2.00 bits per heavy atom. The third-order valence-corrected chi connectivity index (χ3v) is 0.569. The summed E-state index contributed by atoms with van der Waals surface area (Å²) >= 11 is 0. The molecule has 0 aromatic heterocycles. The normalized spacial score (nSPS) is 9.88. The van der Waals surface area contributed by atoms with E-state index in [0.29, 0.717) is 6.54 Å². The minimum atomic E-state index is -0.274. The van der Waals surface area contributed by atoms with Crippen LogP contribution in [0.25, 0.3) is 0 Å². The van der Waals surface area contributed by atoms with Gasteiger partial charge in [0, 0.05) is 0 Å². The highest BCUT2D eigenvalue weighted by Crippen LogP contribution is 1.88. The van der Waals surface area contributed by atoms with E-state index in [2.05, 4.69) is 6.58 Å². The second kappa shape index (κ2) is 3.60. The zero-order chi connectivity index (χ0) is 5.91. The molecule has 0 aromatic rings. The second-order valence-corrected chi connectivity index (χ2v) is 2.05. The summed E-state index contributed by atoms with van der Waals surface area (Å²) in [5, 5.41) is 10.6. The Bertz CT molecular complexity index is 65.3. The largest absolute Gasteiger partial charge is 0.633 e. The van der Waals surface area contributed by atoms with Crippen LogP contribution in [0.3, 0.4) is 0 Å². The van der Waals surface area contributed by atoms with Crippen molar-refractivity contribution < 1.29 is 10.1 Å². The van der Waals surface area contributed by atoms with Crippen LogP contribution in [-0.4, -0.2) is 30.8 Å². The zero-order valence-electron chi connectivity index (χ0n) is 5.35. The summed E-state index contributed by atoms with van der Waals surface area (Å²) in [4.78, 5) is 0. The highest BCUT2D eigenvalue weighted by Gasteiger charge is 1.92. The van der Waals surface area contributed by atoms with Gasteiger partial charge in [0.1, 0.15) is 0 Å². The van der Waals surface area contributed by atoms with E-state index in [9.17, 15) is 5.21 Å². The van der Waals surface area contributed by atoms with Gasteiger partial charge >= 0.3 is 0 Å². The van der Waals surface area contributed by atoms with Gasteiger partial charge in [-0.1, -0.05) is 6.58 Å². The molecule has 3 nitrogen and oxygen atoms in total. The Kier molecular flexibility index (Phi) is 4.76. The van der Waals surface area contributed by atoms with Gasteiger partial charge in [-0.2, -0.15) is 0 Å². The number of likely N-dealkylation sites (N-methyl/N-ethyl adjacent to an activating group) is 1. The summed E-state index contributed by atoms with van der Waals surface area (Å²) in [6.45, 7) is 3.92. The van der Waals surface area contributed by atoms with E-state index in [-0.39, 0.29) is 10.1 Å². The molecule has 0 aliphatic heterocycles. The summed E-state index contributed by atoms with van der Waals surface area (Å²) in [6, 6.07) is 0. The lowest BCUT2D eigenvalue weighted by Gasteiger charge is -2.31. The van der Waals surface area contributed by atoms with E-state index in [1.165, 1.54) is 0 Å².